The van der Waals surface area contributed by atoms with Crippen LogP contribution < -0.4 is 5.32 Å². The Morgan fingerprint density at radius 2 is 1.79 bits per heavy atom. The van der Waals surface area contributed by atoms with Gasteiger partial charge in [0.25, 0.3) is 5.91 Å². The van der Waals surface area contributed by atoms with Crippen molar-refractivity contribution in [1.82, 2.24) is 9.97 Å². The molecule has 19 heavy (non-hydrogen) atoms. The van der Waals surface area contributed by atoms with Crippen molar-refractivity contribution in [3.8, 4) is 0 Å². The number of nitrogens with one attached hydrogen (secondary N) is 1. The molecule has 0 aliphatic rings. The molecule has 4 nitrogen and oxygen atoms in total. The molecule has 98 valence electrons. The number of hydrogen-bond acceptors (Lipinski definition) is 3. The second-order valence-corrected chi connectivity index (χ2v) is 5.99. The van der Waals surface area contributed by atoms with Crippen LogP contribution in [0.5, 0.6) is 0 Å². The molecule has 2 aromatic rings. The fraction of sp³-hybridized carbons (Fsp3) is 0.0833. The topological polar surface area (TPSA) is 54.9 Å². The third-order valence-electron chi connectivity index (χ3n) is 2.17. The quantitative estimate of drug-likeness (QED) is 0.762. The van der Waals surface area contributed by atoms with Gasteiger partial charge in [-0.15, -0.1) is 0 Å². The lowest BCUT2D eigenvalue weighted by molar-refractivity contribution is 0.102. The molecule has 2 rings (SSSR count). The lowest BCUT2D eigenvalue weighted by Gasteiger charge is -2.06. The standard InChI is InChI=1S/C12H8Br2ClN3O/c1-6-2-10(15)17-12(16-6)18-11(19)7-3-8(13)5-9(14)4-7/h2-5H,1H3,(H,16,17,18,19). The molecule has 0 saturated heterocycles. The number of halogens is 3. The second kappa shape index (κ2) is 5.98. The molecule has 0 radical (unpaired) electrons. The van der Waals surface area contributed by atoms with Gasteiger partial charge in [-0.05, 0) is 31.2 Å². The van der Waals surface area contributed by atoms with Gasteiger partial charge in [-0.2, -0.15) is 0 Å². The number of benzene rings is 1. The van der Waals surface area contributed by atoms with Crippen LogP contribution in [0.1, 0.15) is 16.1 Å². The largest absolute Gasteiger partial charge is 0.290 e. The summed E-state index contributed by atoms with van der Waals surface area (Å²) >= 11 is 12.5. The van der Waals surface area contributed by atoms with E-state index in [1.807, 2.05) is 6.07 Å². The maximum absolute atomic E-state index is 12.1. The van der Waals surface area contributed by atoms with Gasteiger partial charge in [0.2, 0.25) is 5.95 Å². The van der Waals surface area contributed by atoms with E-state index in [9.17, 15) is 4.79 Å². The minimum Gasteiger partial charge on any atom is -0.290 e. The van der Waals surface area contributed by atoms with Crippen LogP contribution in [0, 0.1) is 6.92 Å². The first-order valence-corrected chi connectivity index (χ1v) is 7.19. The number of amides is 1. The Balaban J connectivity index is 2.25. The Hall–Kier alpha value is -0.980. The summed E-state index contributed by atoms with van der Waals surface area (Å²) in [5.74, 6) is -0.116. The lowest BCUT2D eigenvalue weighted by Crippen LogP contribution is -2.14. The predicted molar refractivity (Wildman–Crippen MR) is 81.6 cm³/mol. The van der Waals surface area contributed by atoms with Crippen molar-refractivity contribution in [2.24, 2.45) is 0 Å². The van der Waals surface area contributed by atoms with E-state index in [0.29, 0.717) is 16.4 Å². The summed E-state index contributed by atoms with van der Waals surface area (Å²) < 4.78 is 1.60. The van der Waals surface area contributed by atoms with Crippen LogP contribution in [0.15, 0.2) is 33.2 Å². The summed E-state index contributed by atoms with van der Waals surface area (Å²) in [7, 11) is 0. The van der Waals surface area contributed by atoms with Crippen molar-refractivity contribution in [2.45, 2.75) is 6.92 Å². The Kier molecular flexibility index (Phi) is 4.54. The zero-order valence-corrected chi connectivity index (χ0v) is 13.7. The molecule has 0 aliphatic carbocycles. The number of nitrogens with zero attached hydrogens (tertiary/aromatic N) is 2. The molecule has 1 N–H and O–H groups in total. The molecule has 1 amide bonds. The summed E-state index contributed by atoms with van der Waals surface area (Å²) in [4.78, 5) is 20.1. The zero-order chi connectivity index (χ0) is 14.0. The highest BCUT2D eigenvalue weighted by molar-refractivity contribution is 9.11. The molecular weight excluding hydrogens is 397 g/mol. The van der Waals surface area contributed by atoms with Crippen molar-refractivity contribution < 1.29 is 4.79 Å². The minimum atomic E-state index is -0.302. The van der Waals surface area contributed by atoms with Crippen molar-refractivity contribution >= 4 is 55.3 Å². The first kappa shape index (κ1) is 14.4. The average Bonchev–Trinajstić information content (AvgIpc) is 2.25. The smallest absolute Gasteiger partial charge is 0.258 e. The van der Waals surface area contributed by atoms with Gasteiger partial charge >= 0.3 is 0 Å². The Morgan fingerprint density at radius 1 is 1.16 bits per heavy atom. The van der Waals surface area contributed by atoms with Crippen LogP contribution in [0.4, 0.5) is 5.95 Å². The number of aromatic nitrogens is 2. The molecule has 0 aliphatic heterocycles. The van der Waals surface area contributed by atoms with Gasteiger partial charge in [0.05, 0.1) is 0 Å². The third kappa shape index (κ3) is 3.99. The van der Waals surface area contributed by atoms with E-state index in [1.54, 1.807) is 25.1 Å². The number of aryl methyl sites for hydroxylation is 1. The molecule has 0 unspecified atom stereocenters. The molecule has 1 aromatic heterocycles. The van der Waals surface area contributed by atoms with E-state index in [2.05, 4.69) is 47.1 Å². The molecule has 1 aromatic carbocycles. The van der Waals surface area contributed by atoms with Crippen LogP contribution in [0.25, 0.3) is 0 Å². The summed E-state index contributed by atoms with van der Waals surface area (Å²) in [6, 6.07) is 6.87. The van der Waals surface area contributed by atoms with Crippen molar-refractivity contribution in [1.29, 1.82) is 0 Å². The SMILES string of the molecule is Cc1cc(Cl)nc(NC(=O)c2cc(Br)cc(Br)c2)n1. The van der Waals surface area contributed by atoms with Crippen LogP contribution in [0.2, 0.25) is 5.15 Å². The second-order valence-electron chi connectivity index (χ2n) is 3.77. The number of anilines is 1. The number of hydrogen-bond donors (Lipinski definition) is 1. The molecule has 0 spiro atoms. The van der Waals surface area contributed by atoms with Gasteiger partial charge in [0.15, 0.2) is 0 Å². The molecule has 0 saturated carbocycles. The molecule has 1 heterocycles. The van der Waals surface area contributed by atoms with Crippen molar-refractivity contribution in [3.05, 3.63) is 49.6 Å². The van der Waals surface area contributed by atoms with Crippen molar-refractivity contribution in [2.75, 3.05) is 5.32 Å². The first-order chi connectivity index (χ1) is 8.94. The maximum atomic E-state index is 12.1. The molecule has 0 fully saturated rings. The zero-order valence-electron chi connectivity index (χ0n) is 9.75. The summed E-state index contributed by atoms with van der Waals surface area (Å²) in [5, 5.41) is 2.90. The molecule has 0 bridgehead atoms. The van der Waals surface area contributed by atoms with E-state index < -0.39 is 0 Å². The van der Waals surface area contributed by atoms with Crippen LogP contribution >= 0.6 is 43.5 Å². The van der Waals surface area contributed by atoms with Gasteiger partial charge in [-0.3, -0.25) is 10.1 Å². The number of carbonyl (C=O) groups is 1. The van der Waals surface area contributed by atoms with E-state index in [4.69, 9.17) is 11.6 Å². The predicted octanol–water partition coefficient (Wildman–Crippen LogP) is 4.22. The molecule has 7 heteroatoms. The Morgan fingerprint density at radius 3 is 2.37 bits per heavy atom. The van der Waals surface area contributed by atoms with Crippen LogP contribution in [0.3, 0.4) is 0 Å². The maximum Gasteiger partial charge on any atom is 0.258 e. The average molecular weight is 405 g/mol. The number of rotatable bonds is 2. The van der Waals surface area contributed by atoms with E-state index in [-0.39, 0.29) is 11.9 Å². The normalized spacial score (nSPS) is 10.3. The lowest BCUT2D eigenvalue weighted by atomic mass is 10.2. The highest BCUT2D eigenvalue weighted by Gasteiger charge is 2.10. The monoisotopic (exact) mass is 403 g/mol. The minimum absolute atomic E-state index is 0.186. The summed E-state index contributed by atoms with van der Waals surface area (Å²) in [5.41, 5.74) is 1.17. The van der Waals surface area contributed by atoms with Crippen molar-refractivity contribution in [3.63, 3.8) is 0 Å². The molecule has 0 atom stereocenters. The fourth-order valence-electron chi connectivity index (χ4n) is 1.44. The van der Waals surface area contributed by atoms with Gasteiger partial charge in [0, 0.05) is 20.2 Å². The summed E-state index contributed by atoms with van der Waals surface area (Å²) in [6.45, 7) is 1.78. The third-order valence-corrected chi connectivity index (χ3v) is 3.28. The fourth-order valence-corrected chi connectivity index (χ4v) is 2.98. The molecular formula is C12H8Br2ClN3O. The Labute approximate surface area is 131 Å². The van der Waals surface area contributed by atoms with Gasteiger partial charge in [-0.1, -0.05) is 43.5 Å². The summed E-state index contributed by atoms with van der Waals surface area (Å²) in [6.07, 6.45) is 0. The van der Waals surface area contributed by atoms with Crippen LogP contribution in [-0.2, 0) is 0 Å². The highest BCUT2D eigenvalue weighted by atomic mass is 79.9. The Bertz CT molecular complexity index is 608. The van der Waals surface area contributed by atoms with Crippen LogP contribution in [-0.4, -0.2) is 15.9 Å². The van der Waals surface area contributed by atoms with E-state index >= 15 is 0 Å². The van der Waals surface area contributed by atoms with E-state index in [1.165, 1.54) is 0 Å². The van der Waals surface area contributed by atoms with E-state index in [0.717, 1.165) is 8.95 Å². The highest BCUT2D eigenvalue weighted by Crippen LogP contribution is 2.20. The van der Waals surface area contributed by atoms with Gasteiger partial charge in [-0.25, -0.2) is 9.97 Å². The van der Waals surface area contributed by atoms with Gasteiger partial charge < -0.3 is 0 Å². The van der Waals surface area contributed by atoms with Gasteiger partial charge in [0.1, 0.15) is 5.15 Å². The number of carbonyl (C=O) groups excluding carboxylic acids is 1. The first-order valence-electron chi connectivity index (χ1n) is 5.22.